The van der Waals surface area contributed by atoms with Crippen molar-refractivity contribution in [1.82, 2.24) is 5.32 Å². The van der Waals surface area contributed by atoms with Gasteiger partial charge in [0, 0.05) is 7.05 Å². The zero-order valence-electron chi connectivity index (χ0n) is 16.3. The molecule has 0 fully saturated rings. The lowest BCUT2D eigenvalue weighted by Gasteiger charge is -2.19. The van der Waals surface area contributed by atoms with Crippen LogP contribution in [-0.4, -0.2) is 46.9 Å². The SMILES string of the molecule is CC[C@@H](Oc1ccc(N(C)S(C)(=O)=O)cc1)C(=O)NCCOc1ccccc1. The summed E-state index contributed by atoms with van der Waals surface area (Å²) in [6.07, 6.45) is 0.988. The molecular weight excluding hydrogens is 380 g/mol. The predicted octanol–water partition coefficient (Wildman–Crippen LogP) is 2.44. The monoisotopic (exact) mass is 406 g/mol. The van der Waals surface area contributed by atoms with Crippen LogP contribution in [0.3, 0.4) is 0 Å². The third-order valence-electron chi connectivity index (χ3n) is 4.05. The lowest BCUT2D eigenvalue weighted by atomic mass is 10.2. The van der Waals surface area contributed by atoms with Crippen LogP contribution < -0.4 is 19.1 Å². The van der Waals surface area contributed by atoms with Crippen molar-refractivity contribution in [3.05, 3.63) is 54.6 Å². The van der Waals surface area contributed by atoms with E-state index in [0.29, 0.717) is 31.0 Å². The molecule has 0 bridgehead atoms. The van der Waals surface area contributed by atoms with E-state index in [2.05, 4.69) is 5.32 Å². The van der Waals surface area contributed by atoms with Crippen molar-refractivity contribution >= 4 is 21.6 Å². The van der Waals surface area contributed by atoms with Gasteiger partial charge in [0.15, 0.2) is 6.10 Å². The zero-order chi connectivity index (χ0) is 20.6. The summed E-state index contributed by atoms with van der Waals surface area (Å²) in [6.45, 7) is 2.58. The van der Waals surface area contributed by atoms with E-state index in [1.807, 2.05) is 37.3 Å². The van der Waals surface area contributed by atoms with Crippen molar-refractivity contribution < 1.29 is 22.7 Å². The van der Waals surface area contributed by atoms with Gasteiger partial charge < -0.3 is 14.8 Å². The number of hydrogen-bond acceptors (Lipinski definition) is 5. The molecule has 152 valence electrons. The van der Waals surface area contributed by atoms with Crippen molar-refractivity contribution in [1.29, 1.82) is 0 Å². The van der Waals surface area contributed by atoms with Crippen molar-refractivity contribution in [3.8, 4) is 11.5 Å². The first kappa shape index (κ1) is 21.6. The van der Waals surface area contributed by atoms with Crippen LogP contribution in [0.25, 0.3) is 0 Å². The Hall–Kier alpha value is -2.74. The Balaban J connectivity index is 1.84. The van der Waals surface area contributed by atoms with Crippen LogP contribution >= 0.6 is 0 Å². The van der Waals surface area contributed by atoms with Gasteiger partial charge in [-0.3, -0.25) is 9.10 Å². The highest BCUT2D eigenvalue weighted by Gasteiger charge is 2.18. The average molecular weight is 407 g/mol. The molecule has 28 heavy (non-hydrogen) atoms. The Morgan fingerprint density at radius 1 is 1.07 bits per heavy atom. The number of anilines is 1. The number of benzene rings is 2. The number of nitrogens with zero attached hydrogens (tertiary/aromatic N) is 1. The van der Waals surface area contributed by atoms with E-state index >= 15 is 0 Å². The third-order valence-corrected chi connectivity index (χ3v) is 5.26. The Bertz CT molecular complexity index is 854. The minimum Gasteiger partial charge on any atom is -0.492 e. The topological polar surface area (TPSA) is 84.9 Å². The van der Waals surface area contributed by atoms with Gasteiger partial charge in [0.05, 0.1) is 18.5 Å². The van der Waals surface area contributed by atoms with Gasteiger partial charge >= 0.3 is 0 Å². The molecule has 0 aliphatic carbocycles. The van der Waals surface area contributed by atoms with E-state index < -0.39 is 16.1 Å². The Morgan fingerprint density at radius 3 is 2.29 bits per heavy atom. The van der Waals surface area contributed by atoms with Crippen molar-refractivity contribution in [2.45, 2.75) is 19.4 Å². The summed E-state index contributed by atoms with van der Waals surface area (Å²) in [5.41, 5.74) is 0.519. The number of carbonyl (C=O) groups is 1. The first-order chi connectivity index (χ1) is 13.3. The number of carbonyl (C=O) groups excluding carboxylic acids is 1. The van der Waals surface area contributed by atoms with E-state index in [1.54, 1.807) is 24.3 Å². The number of para-hydroxylation sites is 1. The van der Waals surface area contributed by atoms with Gasteiger partial charge in [-0.1, -0.05) is 25.1 Å². The van der Waals surface area contributed by atoms with E-state index in [1.165, 1.54) is 11.4 Å². The summed E-state index contributed by atoms with van der Waals surface area (Å²) >= 11 is 0. The molecule has 1 atom stereocenters. The van der Waals surface area contributed by atoms with E-state index in [0.717, 1.165) is 12.0 Å². The lowest BCUT2D eigenvalue weighted by Crippen LogP contribution is -2.39. The molecule has 2 aromatic carbocycles. The van der Waals surface area contributed by atoms with Gasteiger partial charge in [0.25, 0.3) is 5.91 Å². The van der Waals surface area contributed by atoms with Crippen LogP contribution in [0.1, 0.15) is 13.3 Å². The fourth-order valence-corrected chi connectivity index (χ4v) is 2.89. The number of sulfonamides is 1. The molecule has 8 heteroatoms. The number of hydrogen-bond donors (Lipinski definition) is 1. The van der Waals surface area contributed by atoms with Gasteiger partial charge in [0.2, 0.25) is 10.0 Å². The fourth-order valence-electron chi connectivity index (χ4n) is 2.39. The largest absolute Gasteiger partial charge is 0.492 e. The van der Waals surface area contributed by atoms with Gasteiger partial charge in [0.1, 0.15) is 18.1 Å². The molecule has 2 rings (SSSR count). The highest BCUT2D eigenvalue weighted by molar-refractivity contribution is 7.92. The smallest absolute Gasteiger partial charge is 0.261 e. The van der Waals surface area contributed by atoms with Crippen LogP contribution in [0, 0.1) is 0 Å². The van der Waals surface area contributed by atoms with E-state index in [9.17, 15) is 13.2 Å². The Kier molecular flexibility index (Phi) is 7.69. The third kappa shape index (κ3) is 6.45. The van der Waals surface area contributed by atoms with Crippen LogP contribution in [0.15, 0.2) is 54.6 Å². The van der Waals surface area contributed by atoms with Crippen LogP contribution in [0.5, 0.6) is 11.5 Å². The number of ether oxygens (including phenoxy) is 2. The number of rotatable bonds is 10. The highest BCUT2D eigenvalue weighted by atomic mass is 32.2. The van der Waals surface area contributed by atoms with Gasteiger partial charge in [-0.15, -0.1) is 0 Å². The van der Waals surface area contributed by atoms with Crippen LogP contribution in [-0.2, 0) is 14.8 Å². The molecule has 1 amide bonds. The maximum Gasteiger partial charge on any atom is 0.261 e. The molecule has 0 saturated heterocycles. The Morgan fingerprint density at radius 2 is 1.71 bits per heavy atom. The highest BCUT2D eigenvalue weighted by Crippen LogP contribution is 2.21. The van der Waals surface area contributed by atoms with Crippen molar-refractivity contribution in [2.24, 2.45) is 0 Å². The van der Waals surface area contributed by atoms with E-state index in [-0.39, 0.29) is 5.91 Å². The van der Waals surface area contributed by atoms with Crippen LogP contribution in [0.4, 0.5) is 5.69 Å². The molecule has 0 aliphatic heterocycles. The second-order valence-electron chi connectivity index (χ2n) is 6.19. The number of amides is 1. The first-order valence-corrected chi connectivity index (χ1v) is 10.8. The molecule has 0 heterocycles. The van der Waals surface area contributed by atoms with Gasteiger partial charge in [-0.25, -0.2) is 8.42 Å². The first-order valence-electron chi connectivity index (χ1n) is 8.97. The number of nitrogens with one attached hydrogen (secondary N) is 1. The standard InChI is InChI=1S/C20H26N2O5S/c1-4-19(20(23)21-14-15-26-17-8-6-5-7-9-17)27-18-12-10-16(11-13-18)22(2)28(3,24)25/h5-13,19H,4,14-15H2,1-3H3,(H,21,23)/t19-/m1/s1. The van der Waals surface area contributed by atoms with Crippen molar-refractivity contribution in [3.63, 3.8) is 0 Å². The van der Waals surface area contributed by atoms with Gasteiger partial charge in [-0.2, -0.15) is 0 Å². The maximum absolute atomic E-state index is 12.3. The molecular formula is C20H26N2O5S. The average Bonchev–Trinajstić information content (AvgIpc) is 2.69. The van der Waals surface area contributed by atoms with Gasteiger partial charge in [-0.05, 0) is 42.8 Å². The second-order valence-corrected chi connectivity index (χ2v) is 8.21. The molecule has 0 aromatic heterocycles. The quantitative estimate of drug-likeness (QED) is 0.613. The summed E-state index contributed by atoms with van der Waals surface area (Å²) in [5, 5.41) is 2.80. The molecule has 0 aliphatic rings. The molecule has 0 radical (unpaired) electrons. The summed E-state index contributed by atoms with van der Waals surface area (Å²) in [7, 11) is -1.85. The fraction of sp³-hybridized carbons (Fsp3) is 0.350. The maximum atomic E-state index is 12.3. The molecule has 2 aromatic rings. The minimum absolute atomic E-state index is 0.225. The molecule has 1 N–H and O–H groups in total. The molecule has 0 saturated carbocycles. The van der Waals surface area contributed by atoms with E-state index in [4.69, 9.17) is 9.47 Å². The predicted molar refractivity (Wildman–Crippen MR) is 109 cm³/mol. The lowest BCUT2D eigenvalue weighted by molar-refractivity contribution is -0.128. The summed E-state index contributed by atoms with van der Waals surface area (Å²) < 4.78 is 35.6. The molecule has 0 spiro atoms. The minimum atomic E-state index is -3.33. The van der Waals surface area contributed by atoms with Crippen LogP contribution in [0.2, 0.25) is 0 Å². The molecule has 0 unspecified atom stereocenters. The zero-order valence-corrected chi connectivity index (χ0v) is 17.1. The second kappa shape index (κ2) is 9.98. The van der Waals surface area contributed by atoms with Crippen molar-refractivity contribution in [2.75, 3.05) is 30.8 Å². The normalized spacial score (nSPS) is 12.1. The summed E-state index contributed by atoms with van der Waals surface area (Å²) in [6, 6.07) is 15.9. The Labute approximate surface area is 166 Å². The summed E-state index contributed by atoms with van der Waals surface area (Å²) in [4.78, 5) is 12.3. The summed E-state index contributed by atoms with van der Waals surface area (Å²) in [5.74, 6) is 1.02. The molecule has 7 nitrogen and oxygen atoms in total.